The van der Waals surface area contributed by atoms with Crippen molar-refractivity contribution in [1.82, 2.24) is 0 Å². The fraction of sp³-hybridized carbons (Fsp3) is 0.500. The van der Waals surface area contributed by atoms with Crippen molar-refractivity contribution >= 4 is 33.3 Å². The van der Waals surface area contributed by atoms with Gasteiger partial charge in [-0.05, 0) is 53.6 Å². The molecule has 6 nitrogen and oxygen atoms in total. The molecule has 1 aromatic rings. The molecule has 0 unspecified atom stereocenters. The molecule has 1 saturated carbocycles. The van der Waals surface area contributed by atoms with Crippen LogP contribution >= 0.6 is 15.9 Å². The van der Waals surface area contributed by atoms with E-state index in [0.29, 0.717) is 28.9 Å². The number of halogens is 1. The van der Waals surface area contributed by atoms with Gasteiger partial charge in [0, 0.05) is 22.3 Å². The predicted octanol–water partition coefficient (Wildman–Crippen LogP) is 3.80. The van der Waals surface area contributed by atoms with Gasteiger partial charge in [-0.3, -0.25) is 10.1 Å². The molecule has 1 aromatic carbocycles. The molecule has 0 heterocycles. The van der Waals surface area contributed by atoms with E-state index < -0.39 is 16.4 Å². The Morgan fingerprint density at radius 3 is 2.57 bits per heavy atom. The number of carboxylic acids is 1. The van der Waals surface area contributed by atoms with Crippen LogP contribution in [0.3, 0.4) is 0 Å². The van der Waals surface area contributed by atoms with E-state index in [2.05, 4.69) is 28.2 Å². The fourth-order valence-electron chi connectivity index (χ4n) is 2.62. The Balaban J connectivity index is 2.26. The van der Waals surface area contributed by atoms with E-state index in [1.54, 1.807) is 6.07 Å². The van der Waals surface area contributed by atoms with Gasteiger partial charge >= 0.3 is 5.97 Å². The summed E-state index contributed by atoms with van der Waals surface area (Å²) in [7, 11) is 0. The molecule has 7 heteroatoms. The first kappa shape index (κ1) is 15.8. The highest BCUT2D eigenvalue weighted by molar-refractivity contribution is 9.10. The zero-order chi connectivity index (χ0) is 15.6. The minimum Gasteiger partial charge on any atom is -0.480 e. The maximum absolute atomic E-state index is 11.7. The van der Waals surface area contributed by atoms with E-state index >= 15 is 0 Å². The molecule has 1 aliphatic rings. The number of hydrogen-bond acceptors (Lipinski definition) is 4. The van der Waals surface area contributed by atoms with Gasteiger partial charge in [0.25, 0.3) is 5.69 Å². The third-order valence-corrected chi connectivity index (χ3v) is 4.73. The first-order chi connectivity index (χ1) is 9.84. The van der Waals surface area contributed by atoms with Gasteiger partial charge in [0.1, 0.15) is 5.54 Å². The van der Waals surface area contributed by atoms with Crippen molar-refractivity contribution < 1.29 is 14.8 Å². The first-order valence-corrected chi connectivity index (χ1v) is 7.59. The average molecular weight is 357 g/mol. The number of carbonyl (C=O) groups is 1. The summed E-state index contributed by atoms with van der Waals surface area (Å²) in [6.07, 6.45) is 2.80. The summed E-state index contributed by atoms with van der Waals surface area (Å²) in [4.78, 5) is 21.9. The maximum Gasteiger partial charge on any atom is 0.329 e. The summed E-state index contributed by atoms with van der Waals surface area (Å²) >= 11 is 3.27. The van der Waals surface area contributed by atoms with E-state index in [0.717, 1.165) is 12.8 Å². The number of nitro benzene ring substituents is 1. The minimum absolute atomic E-state index is 0.0333. The molecule has 1 aliphatic carbocycles. The van der Waals surface area contributed by atoms with E-state index in [4.69, 9.17) is 0 Å². The number of nitrogens with one attached hydrogen (secondary N) is 1. The van der Waals surface area contributed by atoms with Crippen LogP contribution in [-0.4, -0.2) is 21.5 Å². The number of rotatable bonds is 4. The Hall–Kier alpha value is -1.63. The van der Waals surface area contributed by atoms with Gasteiger partial charge in [0.15, 0.2) is 0 Å². The molecular weight excluding hydrogens is 340 g/mol. The van der Waals surface area contributed by atoms with Gasteiger partial charge in [0.05, 0.1) is 4.92 Å². The van der Waals surface area contributed by atoms with Crippen LogP contribution in [0.1, 0.15) is 32.6 Å². The Labute approximate surface area is 130 Å². The molecular formula is C14H17BrN2O4. The number of anilines is 1. The van der Waals surface area contributed by atoms with Crippen LogP contribution in [-0.2, 0) is 4.79 Å². The van der Waals surface area contributed by atoms with Gasteiger partial charge in [0.2, 0.25) is 0 Å². The third-order valence-electron chi connectivity index (χ3n) is 4.07. The highest BCUT2D eigenvalue weighted by Gasteiger charge is 2.41. The summed E-state index contributed by atoms with van der Waals surface area (Å²) in [6.45, 7) is 2.12. The lowest BCUT2D eigenvalue weighted by molar-refractivity contribution is -0.384. The van der Waals surface area contributed by atoms with Crippen LogP contribution in [0.25, 0.3) is 0 Å². The summed E-state index contributed by atoms with van der Waals surface area (Å²) < 4.78 is 0.496. The molecule has 2 rings (SSSR count). The van der Waals surface area contributed by atoms with Crippen molar-refractivity contribution in [3.05, 3.63) is 32.8 Å². The smallest absolute Gasteiger partial charge is 0.329 e. The Morgan fingerprint density at radius 2 is 2.10 bits per heavy atom. The molecule has 0 radical (unpaired) electrons. The summed E-state index contributed by atoms with van der Waals surface area (Å²) in [6, 6.07) is 4.29. The summed E-state index contributed by atoms with van der Waals surface area (Å²) in [5, 5.41) is 23.4. The molecule has 21 heavy (non-hydrogen) atoms. The van der Waals surface area contributed by atoms with Crippen molar-refractivity contribution in [2.75, 3.05) is 5.32 Å². The lowest BCUT2D eigenvalue weighted by Crippen LogP contribution is -2.49. The summed E-state index contributed by atoms with van der Waals surface area (Å²) in [5.41, 5.74) is -0.461. The van der Waals surface area contributed by atoms with Gasteiger partial charge in [-0.15, -0.1) is 0 Å². The van der Waals surface area contributed by atoms with E-state index in [-0.39, 0.29) is 5.69 Å². The molecule has 0 aromatic heterocycles. The van der Waals surface area contributed by atoms with Crippen LogP contribution in [0.2, 0.25) is 0 Å². The largest absolute Gasteiger partial charge is 0.480 e. The van der Waals surface area contributed by atoms with Gasteiger partial charge in [-0.1, -0.05) is 6.92 Å². The molecule has 0 bridgehead atoms. The Kier molecular flexibility index (Phi) is 4.51. The number of nitro groups is 1. The van der Waals surface area contributed by atoms with Crippen molar-refractivity contribution in [2.45, 2.75) is 38.1 Å². The second-order valence-electron chi connectivity index (χ2n) is 5.62. The number of aliphatic carboxylic acids is 1. The quantitative estimate of drug-likeness (QED) is 0.632. The number of non-ortho nitro benzene ring substituents is 1. The second-order valence-corrected chi connectivity index (χ2v) is 6.47. The molecule has 1 fully saturated rings. The van der Waals surface area contributed by atoms with Crippen LogP contribution in [0.5, 0.6) is 0 Å². The predicted molar refractivity (Wildman–Crippen MR) is 82.4 cm³/mol. The SMILES string of the molecule is CC1CCC(Nc2ccc([N+](=O)[O-])cc2Br)(C(=O)O)CC1. The highest BCUT2D eigenvalue weighted by Crippen LogP contribution is 2.37. The van der Waals surface area contributed by atoms with Gasteiger partial charge in [-0.25, -0.2) is 4.79 Å². The topological polar surface area (TPSA) is 92.5 Å². The highest BCUT2D eigenvalue weighted by atomic mass is 79.9. The van der Waals surface area contributed by atoms with Crippen molar-refractivity contribution in [2.24, 2.45) is 5.92 Å². The maximum atomic E-state index is 11.7. The zero-order valence-electron chi connectivity index (χ0n) is 11.6. The van der Waals surface area contributed by atoms with Gasteiger partial charge < -0.3 is 10.4 Å². The number of hydrogen-bond donors (Lipinski definition) is 2. The lowest BCUT2D eigenvalue weighted by Gasteiger charge is -2.37. The van der Waals surface area contributed by atoms with Crippen LogP contribution in [0.15, 0.2) is 22.7 Å². The molecule has 0 spiro atoms. The van der Waals surface area contributed by atoms with Gasteiger partial charge in [-0.2, -0.15) is 0 Å². The standard InChI is InChI=1S/C14H17BrN2O4/c1-9-4-6-14(7-5-9,13(18)19)16-12-3-2-10(17(20)21)8-11(12)15/h2-3,8-9,16H,4-7H2,1H3,(H,18,19). The van der Waals surface area contributed by atoms with Crippen molar-refractivity contribution in [1.29, 1.82) is 0 Å². The molecule has 0 saturated heterocycles. The van der Waals surface area contributed by atoms with Crippen LogP contribution in [0, 0.1) is 16.0 Å². The van der Waals surface area contributed by atoms with Crippen LogP contribution in [0.4, 0.5) is 11.4 Å². The Bertz CT molecular complexity index is 568. The van der Waals surface area contributed by atoms with Crippen molar-refractivity contribution in [3.8, 4) is 0 Å². The number of benzene rings is 1. The van der Waals surface area contributed by atoms with E-state index in [1.165, 1.54) is 12.1 Å². The zero-order valence-corrected chi connectivity index (χ0v) is 13.2. The monoisotopic (exact) mass is 356 g/mol. The molecule has 0 amide bonds. The normalized spacial score (nSPS) is 25.3. The molecule has 2 N–H and O–H groups in total. The van der Waals surface area contributed by atoms with Crippen LogP contribution < -0.4 is 5.32 Å². The number of nitrogens with zero attached hydrogens (tertiary/aromatic N) is 1. The molecule has 114 valence electrons. The fourth-order valence-corrected chi connectivity index (χ4v) is 3.09. The Morgan fingerprint density at radius 1 is 1.48 bits per heavy atom. The molecule has 0 aliphatic heterocycles. The molecule has 0 atom stereocenters. The third kappa shape index (κ3) is 3.34. The van der Waals surface area contributed by atoms with E-state index in [1.807, 2.05) is 0 Å². The summed E-state index contributed by atoms with van der Waals surface area (Å²) in [5.74, 6) is -0.348. The van der Waals surface area contributed by atoms with Crippen molar-refractivity contribution in [3.63, 3.8) is 0 Å². The second kappa shape index (κ2) is 6.01. The minimum atomic E-state index is -0.995. The average Bonchev–Trinajstić information content (AvgIpc) is 2.43. The number of carboxylic acid groups (broad SMARTS) is 1. The first-order valence-electron chi connectivity index (χ1n) is 6.79. The van der Waals surface area contributed by atoms with E-state index in [9.17, 15) is 20.0 Å². The lowest BCUT2D eigenvalue weighted by atomic mass is 9.77.